The molecule has 1 saturated carbocycles. The zero-order chi connectivity index (χ0) is 16.1. The summed E-state index contributed by atoms with van der Waals surface area (Å²) in [7, 11) is 1.29. The zero-order valence-electron chi connectivity index (χ0n) is 12.3. The number of methoxy groups -OCH3 is 1. The molecule has 0 saturated heterocycles. The Morgan fingerprint density at radius 1 is 1.45 bits per heavy atom. The topological polar surface area (TPSA) is 98.5 Å². The fourth-order valence-corrected chi connectivity index (χ4v) is 2.25. The molecule has 1 N–H and O–H groups in total. The summed E-state index contributed by atoms with van der Waals surface area (Å²) in [5, 5.41) is 13.4. The number of nitro benzene ring substituents is 1. The fraction of sp³-hybridized carbons (Fsp3) is 0.467. The molecule has 1 aliphatic carbocycles. The van der Waals surface area contributed by atoms with Crippen molar-refractivity contribution in [2.24, 2.45) is 5.92 Å². The number of nitrogens with one attached hydrogen (secondary N) is 1. The van der Waals surface area contributed by atoms with E-state index in [4.69, 9.17) is 4.74 Å². The number of carbonyl (C=O) groups excluding carboxylic acids is 2. The molecule has 1 atom stereocenters. The van der Waals surface area contributed by atoms with Gasteiger partial charge in [-0.1, -0.05) is 25.0 Å². The van der Waals surface area contributed by atoms with Gasteiger partial charge in [0.15, 0.2) is 0 Å². The van der Waals surface area contributed by atoms with Crippen molar-refractivity contribution in [1.29, 1.82) is 0 Å². The molecule has 0 radical (unpaired) electrons. The Hall–Kier alpha value is -2.44. The van der Waals surface area contributed by atoms with E-state index in [0.717, 1.165) is 12.8 Å². The summed E-state index contributed by atoms with van der Waals surface area (Å²) >= 11 is 0. The third-order valence-corrected chi connectivity index (χ3v) is 3.57. The molecule has 0 aromatic heterocycles. The quantitative estimate of drug-likeness (QED) is 0.468. The third-order valence-electron chi connectivity index (χ3n) is 3.57. The summed E-state index contributed by atoms with van der Waals surface area (Å²) in [6, 6.07) is 5.24. The highest BCUT2D eigenvalue weighted by atomic mass is 16.6. The monoisotopic (exact) mass is 306 g/mol. The second-order valence-electron chi connectivity index (χ2n) is 5.43. The summed E-state index contributed by atoms with van der Waals surface area (Å²) in [5.41, 5.74) is 0.467. The van der Waals surface area contributed by atoms with Crippen molar-refractivity contribution >= 4 is 17.6 Å². The lowest BCUT2D eigenvalue weighted by Gasteiger charge is -2.16. The van der Waals surface area contributed by atoms with E-state index in [-0.39, 0.29) is 18.0 Å². The highest BCUT2D eigenvalue weighted by molar-refractivity contribution is 5.85. The number of nitrogens with zero attached hydrogens (tertiary/aromatic N) is 1. The van der Waals surface area contributed by atoms with E-state index in [2.05, 4.69) is 5.32 Å². The first-order chi connectivity index (χ1) is 10.5. The molecule has 1 amide bonds. The van der Waals surface area contributed by atoms with Crippen LogP contribution in [0.1, 0.15) is 24.8 Å². The SMILES string of the molecule is COC(=O)[C@H](CC1CC1)NC(=O)Cc1cccc([N+](=O)[O-])c1. The third kappa shape index (κ3) is 4.54. The molecule has 0 unspecified atom stereocenters. The lowest BCUT2D eigenvalue weighted by Crippen LogP contribution is -2.42. The summed E-state index contributed by atoms with van der Waals surface area (Å²) in [4.78, 5) is 33.9. The lowest BCUT2D eigenvalue weighted by molar-refractivity contribution is -0.384. The largest absolute Gasteiger partial charge is 0.467 e. The van der Waals surface area contributed by atoms with Crippen molar-refractivity contribution in [3.63, 3.8) is 0 Å². The second-order valence-corrected chi connectivity index (χ2v) is 5.43. The molecular formula is C15H18N2O5. The van der Waals surface area contributed by atoms with E-state index in [1.54, 1.807) is 6.07 Å². The number of nitro groups is 1. The van der Waals surface area contributed by atoms with Gasteiger partial charge in [-0.2, -0.15) is 0 Å². The number of rotatable bonds is 7. The number of ether oxygens (including phenoxy) is 1. The molecule has 118 valence electrons. The van der Waals surface area contributed by atoms with Crippen LogP contribution in [0.4, 0.5) is 5.69 Å². The van der Waals surface area contributed by atoms with Gasteiger partial charge in [-0.3, -0.25) is 14.9 Å². The van der Waals surface area contributed by atoms with Crippen LogP contribution in [-0.2, 0) is 20.7 Å². The predicted molar refractivity (Wildman–Crippen MR) is 78.1 cm³/mol. The molecule has 0 heterocycles. The van der Waals surface area contributed by atoms with Crippen LogP contribution in [0.5, 0.6) is 0 Å². The Bertz CT molecular complexity index is 583. The van der Waals surface area contributed by atoms with Crippen molar-refractivity contribution in [1.82, 2.24) is 5.32 Å². The number of amides is 1. The number of carbonyl (C=O) groups is 2. The Labute approximate surface area is 127 Å². The molecule has 7 nitrogen and oxygen atoms in total. The predicted octanol–water partition coefficient (Wildman–Crippen LogP) is 1.60. The Morgan fingerprint density at radius 2 is 2.18 bits per heavy atom. The maximum Gasteiger partial charge on any atom is 0.328 e. The van der Waals surface area contributed by atoms with Crippen LogP contribution in [0.3, 0.4) is 0 Å². The van der Waals surface area contributed by atoms with Crippen molar-refractivity contribution in [3.05, 3.63) is 39.9 Å². The van der Waals surface area contributed by atoms with Gasteiger partial charge in [0.2, 0.25) is 5.91 Å². The van der Waals surface area contributed by atoms with Crippen LogP contribution in [0, 0.1) is 16.0 Å². The summed E-state index contributed by atoms with van der Waals surface area (Å²) in [6.07, 6.45) is 2.69. The van der Waals surface area contributed by atoms with E-state index >= 15 is 0 Å². The summed E-state index contributed by atoms with van der Waals surface area (Å²) < 4.78 is 4.70. The average Bonchev–Trinajstić information content (AvgIpc) is 3.30. The van der Waals surface area contributed by atoms with Gasteiger partial charge >= 0.3 is 5.97 Å². The molecule has 2 rings (SSSR count). The Balaban J connectivity index is 1.96. The normalized spacial score (nSPS) is 15.0. The van der Waals surface area contributed by atoms with Crippen molar-refractivity contribution < 1.29 is 19.2 Å². The molecule has 1 aliphatic rings. The van der Waals surface area contributed by atoms with E-state index < -0.39 is 16.9 Å². The lowest BCUT2D eigenvalue weighted by atomic mass is 10.1. The van der Waals surface area contributed by atoms with Crippen molar-refractivity contribution in [2.45, 2.75) is 31.7 Å². The van der Waals surface area contributed by atoms with Gasteiger partial charge in [0, 0.05) is 12.1 Å². The molecule has 0 bridgehead atoms. The Kier molecular flexibility index (Phi) is 5.08. The molecular weight excluding hydrogens is 288 g/mol. The Morgan fingerprint density at radius 3 is 2.77 bits per heavy atom. The zero-order valence-corrected chi connectivity index (χ0v) is 12.3. The second kappa shape index (κ2) is 7.02. The standard InChI is InChI=1S/C15H18N2O5/c1-22-15(19)13(8-10-5-6-10)16-14(18)9-11-3-2-4-12(7-11)17(20)21/h2-4,7,10,13H,5-6,8-9H2,1H3,(H,16,18)/t13-/m0/s1. The van der Waals surface area contributed by atoms with Crippen LogP contribution >= 0.6 is 0 Å². The van der Waals surface area contributed by atoms with Crippen LogP contribution in [-0.4, -0.2) is 30.0 Å². The van der Waals surface area contributed by atoms with E-state index in [9.17, 15) is 19.7 Å². The number of hydrogen-bond acceptors (Lipinski definition) is 5. The summed E-state index contributed by atoms with van der Waals surface area (Å²) in [6.45, 7) is 0. The molecule has 0 aliphatic heterocycles. The minimum atomic E-state index is -0.649. The number of esters is 1. The molecule has 1 fully saturated rings. The maximum absolute atomic E-state index is 12.0. The van der Waals surface area contributed by atoms with Crippen LogP contribution < -0.4 is 5.32 Å². The van der Waals surface area contributed by atoms with Crippen molar-refractivity contribution in [2.75, 3.05) is 7.11 Å². The smallest absolute Gasteiger partial charge is 0.328 e. The van der Waals surface area contributed by atoms with Crippen molar-refractivity contribution in [3.8, 4) is 0 Å². The molecule has 22 heavy (non-hydrogen) atoms. The van der Waals surface area contributed by atoms with Crippen LogP contribution in [0.2, 0.25) is 0 Å². The number of benzene rings is 1. The van der Waals surface area contributed by atoms with Gasteiger partial charge < -0.3 is 10.1 Å². The van der Waals surface area contributed by atoms with Gasteiger partial charge in [-0.25, -0.2) is 4.79 Å². The maximum atomic E-state index is 12.0. The van der Waals surface area contributed by atoms with Gasteiger partial charge in [0.25, 0.3) is 5.69 Å². The highest BCUT2D eigenvalue weighted by Crippen LogP contribution is 2.33. The molecule has 7 heteroatoms. The van der Waals surface area contributed by atoms with Gasteiger partial charge in [0.05, 0.1) is 18.5 Å². The van der Waals surface area contributed by atoms with Gasteiger partial charge in [-0.15, -0.1) is 0 Å². The van der Waals surface area contributed by atoms with E-state index in [1.165, 1.54) is 25.3 Å². The fourth-order valence-electron chi connectivity index (χ4n) is 2.25. The molecule has 0 spiro atoms. The van der Waals surface area contributed by atoms with E-state index in [0.29, 0.717) is 17.9 Å². The molecule has 1 aromatic rings. The number of non-ortho nitro benzene ring substituents is 1. The van der Waals surface area contributed by atoms with Gasteiger partial charge in [-0.05, 0) is 17.9 Å². The van der Waals surface area contributed by atoms with Gasteiger partial charge in [0.1, 0.15) is 6.04 Å². The minimum absolute atomic E-state index is 0.0140. The highest BCUT2D eigenvalue weighted by Gasteiger charge is 2.30. The minimum Gasteiger partial charge on any atom is -0.467 e. The van der Waals surface area contributed by atoms with Crippen LogP contribution in [0.25, 0.3) is 0 Å². The number of hydrogen-bond donors (Lipinski definition) is 1. The first-order valence-electron chi connectivity index (χ1n) is 7.10. The first kappa shape index (κ1) is 15.9. The van der Waals surface area contributed by atoms with E-state index in [1.807, 2.05) is 0 Å². The average molecular weight is 306 g/mol. The molecule has 1 aromatic carbocycles. The van der Waals surface area contributed by atoms with Crippen LogP contribution in [0.15, 0.2) is 24.3 Å². The summed E-state index contributed by atoms with van der Waals surface area (Å²) in [5.74, 6) is -0.349. The first-order valence-corrected chi connectivity index (χ1v) is 7.10.